The summed E-state index contributed by atoms with van der Waals surface area (Å²) in [7, 11) is 0. The highest BCUT2D eigenvalue weighted by Gasteiger charge is 2.20. The zero-order valence-electron chi connectivity index (χ0n) is 10.8. The fourth-order valence-corrected chi connectivity index (χ4v) is 3.73. The van der Waals surface area contributed by atoms with E-state index in [2.05, 4.69) is 33.4 Å². The van der Waals surface area contributed by atoms with Gasteiger partial charge in [0.15, 0.2) is 0 Å². The van der Waals surface area contributed by atoms with Gasteiger partial charge in [-0.15, -0.1) is 11.3 Å². The van der Waals surface area contributed by atoms with Crippen LogP contribution in [0.4, 0.5) is 0 Å². The Balaban J connectivity index is 2.31. The van der Waals surface area contributed by atoms with Crippen molar-refractivity contribution in [1.29, 1.82) is 0 Å². The molecule has 19 heavy (non-hydrogen) atoms. The van der Waals surface area contributed by atoms with Crippen LogP contribution in [0.3, 0.4) is 0 Å². The highest BCUT2D eigenvalue weighted by atomic mass is 79.9. The summed E-state index contributed by atoms with van der Waals surface area (Å²) in [5, 5.41) is 7.22. The van der Waals surface area contributed by atoms with Gasteiger partial charge in [0.2, 0.25) is 0 Å². The Bertz CT molecular complexity index is 566. The summed E-state index contributed by atoms with van der Waals surface area (Å²) in [6.45, 7) is 4.89. The first-order chi connectivity index (χ1) is 9.08. The topological polar surface area (TPSA) is 55.9 Å². The fourth-order valence-electron chi connectivity index (χ4n) is 2.04. The van der Waals surface area contributed by atoms with E-state index in [-0.39, 0.29) is 6.04 Å². The molecular weight excluding hydrogens is 348 g/mol. The van der Waals surface area contributed by atoms with Crippen molar-refractivity contribution in [3.63, 3.8) is 0 Å². The normalized spacial score (nSPS) is 12.9. The summed E-state index contributed by atoms with van der Waals surface area (Å²) in [4.78, 5) is 1.05. The SMILES string of the molecule is CCn1nc(C)c(Br)c1CC(NN)c1sccc1Cl. The second-order valence-corrected chi connectivity index (χ2v) is 6.37. The van der Waals surface area contributed by atoms with E-state index in [1.54, 1.807) is 11.3 Å². The molecule has 1 unspecified atom stereocenters. The lowest BCUT2D eigenvalue weighted by Gasteiger charge is -2.16. The highest BCUT2D eigenvalue weighted by Crippen LogP contribution is 2.32. The Hall–Kier alpha value is -0.400. The third-order valence-electron chi connectivity index (χ3n) is 3.01. The quantitative estimate of drug-likeness (QED) is 0.632. The number of hydrogen-bond acceptors (Lipinski definition) is 4. The van der Waals surface area contributed by atoms with Crippen molar-refractivity contribution >= 4 is 38.9 Å². The Morgan fingerprint density at radius 3 is 2.89 bits per heavy atom. The average Bonchev–Trinajstić information content (AvgIpc) is 2.93. The van der Waals surface area contributed by atoms with Crippen molar-refractivity contribution in [3.05, 3.63) is 37.2 Å². The molecule has 0 fully saturated rings. The summed E-state index contributed by atoms with van der Waals surface area (Å²) < 4.78 is 3.04. The van der Waals surface area contributed by atoms with E-state index in [1.807, 2.05) is 23.1 Å². The van der Waals surface area contributed by atoms with Gasteiger partial charge in [-0.2, -0.15) is 5.10 Å². The maximum Gasteiger partial charge on any atom is 0.0738 e. The summed E-state index contributed by atoms with van der Waals surface area (Å²) in [6, 6.07) is 1.88. The number of rotatable bonds is 5. The second kappa shape index (κ2) is 6.37. The first-order valence-corrected chi connectivity index (χ1v) is 8.04. The van der Waals surface area contributed by atoms with E-state index in [9.17, 15) is 0 Å². The van der Waals surface area contributed by atoms with Gasteiger partial charge in [0.25, 0.3) is 0 Å². The summed E-state index contributed by atoms with van der Waals surface area (Å²) in [5.74, 6) is 5.68. The first kappa shape index (κ1) is 15.0. The molecule has 1 atom stereocenters. The van der Waals surface area contributed by atoms with Gasteiger partial charge < -0.3 is 0 Å². The van der Waals surface area contributed by atoms with Crippen LogP contribution in [-0.2, 0) is 13.0 Å². The van der Waals surface area contributed by atoms with E-state index in [1.165, 1.54) is 0 Å². The minimum Gasteiger partial charge on any atom is -0.271 e. The number of halogens is 2. The van der Waals surface area contributed by atoms with E-state index in [0.29, 0.717) is 0 Å². The van der Waals surface area contributed by atoms with Crippen molar-refractivity contribution < 1.29 is 0 Å². The monoisotopic (exact) mass is 362 g/mol. The van der Waals surface area contributed by atoms with Crippen molar-refractivity contribution in [2.75, 3.05) is 0 Å². The van der Waals surface area contributed by atoms with E-state index < -0.39 is 0 Å². The smallest absolute Gasteiger partial charge is 0.0738 e. The third kappa shape index (κ3) is 3.03. The Labute approximate surface area is 130 Å². The standard InChI is InChI=1S/C12H16BrClN4S/c1-3-18-10(11(13)7(2)17-18)6-9(16-15)12-8(14)4-5-19-12/h4-5,9,16H,3,6,15H2,1-2H3. The predicted octanol–water partition coefficient (Wildman–Crippen LogP) is 3.44. The van der Waals surface area contributed by atoms with Gasteiger partial charge in [0.1, 0.15) is 0 Å². The minimum atomic E-state index is -0.00907. The number of hydrogen-bond donors (Lipinski definition) is 2. The van der Waals surface area contributed by atoms with Crippen LogP contribution in [-0.4, -0.2) is 9.78 Å². The van der Waals surface area contributed by atoms with Crippen LogP contribution in [0.1, 0.15) is 29.2 Å². The second-order valence-electron chi connectivity index (χ2n) is 4.22. The number of hydrazine groups is 1. The molecule has 104 valence electrons. The molecule has 0 radical (unpaired) electrons. The number of nitrogens with one attached hydrogen (secondary N) is 1. The van der Waals surface area contributed by atoms with Crippen LogP contribution in [0.5, 0.6) is 0 Å². The van der Waals surface area contributed by atoms with Crippen molar-refractivity contribution in [3.8, 4) is 0 Å². The molecule has 0 aliphatic heterocycles. The van der Waals surface area contributed by atoms with E-state index in [0.717, 1.165) is 38.7 Å². The molecule has 0 amide bonds. The lowest BCUT2D eigenvalue weighted by Crippen LogP contribution is -2.30. The summed E-state index contributed by atoms with van der Waals surface area (Å²) >= 11 is 11.4. The molecular formula is C12H16BrClN4S. The van der Waals surface area contributed by atoms with Crippen LogP contribution in [0.15, 0.2) is 15.9 Å². The Kier molecular flexibility index (Phi) is 5.03. The van der Waals surface area contributed by atoms with Crippen LogP contribution in [0.2, 0.25) is 5.02 Å². The van der Waals surface area contributed by atoms with Crippen LogP contribution < -0.4 is 11.3 Å². The molecule has 0 aliphatic carbocycles. The van der Waals surface area contributed by atoms with Gasteiger partial charge >= 0.3 is 0 Å². The third-order valence-corrected chi connectivity index (χ3v) is 5.52. The Morgan fingerprint density at radius 1 is 1.63 bits per heavy atom. The molecule has 2 heterocycles. The lowest BCUT2D eigenvalue weighted by molar-refractivity contribution is 0.522. The fraction of sp³-hybridized carbons (Fsp3) is 0.417. The predicted molar refractivity (Wildman–Crippen MR) is 83.4 cm³/mol. The van der Waals surface area contributed by atoms with E-state index >= 15 is 0 Å². The lowest BCUT2D eigenvalue weighted by atomic mass is 10.1. The number of nitrogens with two attached hydrogens (primary N) is 1. The van der Waals surface area contributed by atoms with Crippen LogP contribution in [0.25, 0.3) is 0 Å². The number of nitrogens with zero attached hydrogens (tertiary/aromatic N) is 2. The number of aryl methyl sites for hydroxylation is 2. The first-order valence-electron chi connectivity index (χ1n) is 5.99. The number of aromatic nitrogens is 2. The largest absolute Gasteiger partial charge is 0.271 e. The maximum absolute atomic E-state index is 6.18. The molecule has 0 saturated carbocycles. The van der Waals surface area contributed by atoms with Crippen LogP contribution in [0, 0.1) is 6.92 Å². The highest BCUT2D eigenvalue weighted by molar-refractivity contribution is 9.10. The van der Waals surface area contributed by atoms with Gasteiger partial charge in [-0.3, -0.25) is 16.0 Å². The zero-order valence-corrected chi connectivity index (χ0v) is 13.9. The van der Waals surface area contributed by atoms with Crippen LogP contribution >= 0.6 is 38.9 Å². The Morgan fingerprint density at radius 2 is 2.37 bits per heavy atom. The molecule has 4 nitrogen and oxygen atoms in total. The maximum atomic E-state index is 6.18. The summed E-state index contributed by atoms with van der Waals surface area (Å²) in [6.07, 6.45) is 0.742. The van der Waals surface area contributed by atoms with Gasteiger partial charge in [-0.05, 0) is 41.2 Å². The molecule has 0 spiro atoms. The van der Waals surface area contributed by atoms with Gasteiger partial charge in [0, 0.05) is 17.8 Å². The molecule has 0 aliphatic rings. The molecule has 0 aromatic carbocycles. The van der Waals surface area contributed by atoms with Gasteiger partial charge in [-0.1, -0.05) is 11.6 Å². The van der Waals surface area contributed by atoms with Gasteiger partial charge in [0.05, 0.1) is 26.9 Å². The van der Waals surface area contributed by atoms with E-state index in [4.69, 9.17) is 17.4 Å². The molecule has 2 rings (SSSR count). The molecule has 3 N–H and O–H groups in total. The molecule has 0 saturated heterocycles. The van der Waals surface area contributed by atoms with Crippen molar-refractivity contribution in [2.24, 2.45) is 5.84 Å². The molecule has 2 aromatic rings. The molecule has 0 bridgehead atoms. The molecule has 7 heteroatoms. The van der Waals surface area contributed by atoms with Crippen molar-refractivity contribution in [1.82, 2.24) is 15.2 Å². The average molecular weight is 364 g/mol. The van der Waals surface area contributed by atoms with Crippen molar-refractivity contribution in [2.45, 2.75) is 32.9 Å². The van der Waals surface area contributed by atoms with Gasteiger partial charge in [-0.25, -0.2) is 0 Å². The minimum absolute atomic E-state index is 0.00907. The zero-order chi connectivity index (χ0) is 14.0. The molecule has 2 aromatic heterocycles. The number of thiophene rings is 1. The summed E-state index contributed by atoms with van der Waals surface area (Å²) in [5.41, 5.74) is 4.97.